The van der Waals surface area contributed by atoms with Crippen molar-refractivity contribution in [3.8, 4) is 0 Å². The van der Waals surface area contributed by atoms with Crippen molar-refractivity contribution < 1.29 is 13.9 Å². The summed E-state index contributed by atoms with van der Waals surface area (Å²) in [6, 6.07) is 6.44. The highest BCUT2D eigenvalue weighted by molar-refractivity contribution is 5.70. The number of ether oxygens (including phenoxy) is 1. The molecule has 0 radical (unpaired) electrons. The lowest BCUT2D eigenvalue weighted by molar-refractivity contribution is -0.144. The monoisotopic (exact) mass is 294 g/mol. The Bertz CT molecular complexity index is 473. The molecule has 1 fully saturated rings. The van der Waals surface area contributed by atoms with E-state index in [1.54, 1.807) is 19.1 Å². The third-order valence-corrected chi connectivity index (χ3v) is 3.91. The van der Waals surface area contributed by atoms with E-state index in [1.165, 1.54) is 6.07 Å². The van der Waals surface area contributed by atoms with Crippen molar-refractivity contribution >= 4 is 5.97 Å². The topological polar surface area (TPSA) is 32.8 Å². The second-order valence-corrected chi connectivity index (χ2v) is 5.39. The van der Waals surface area contributed by atoms with Gasteiger partial charge in [0.05, 0.1) is 13.0 Å². The summed E-state index contributed by atoms with van der Waals surface area (Å²) in [7, 11) is 2.07. The Morgan fingerprint density at radius 1 is 1.29 bits per heavy atom. The largest absolute Gasteiger partial charge is 0.466 e. The van der Waals surface area contributed by atoms with Crippen LogP contribution in [0.1, 0.15) is 24.9 Å². The Hall–Kier alpha value is -1.46. The summed E-state index contributed by atoms with van der Waals surface area (Å²) in [6.07, 6.45) is 0.193. The first kappa shape index (κ1) is 15.9. The molecule has 0 N–H and O–H groups in total. The maximum atomic E-state index is 14.1. The van der Waals surface area contributed by atoms with Crippen LogP contribution in [0, 0.1) is 5.82 Å². The van der Waals surface area contributed by atoms with Gasteiger partial charge in [-0.25, -0.2) is 4.39 Å². The van der Waals surface area contributed by atoms with Crippen molar-refractivity contribution in [3.05, 3.63) is 35.6 Å². The smallest absolute Gasteiger partial charge is 0.307 e. The van der Waals surface area contributed by atoms with Crippen LogP contribution in [0.4, 0.5) is 4.39 Å². The lowest BCUT2D eigenvalue weighted by Crippen LogP contribution is -2.46. The van der Waals surface area contributed by atoms with E-state index in [0.29, 0.717) is 12.2 Å². The molecule has 1 aliphatic rings. The van der Waals surface area contributed by atoms with Gasteiger partial charge in [0.25, 0.3) is 0 Å². The van der Waals surface area contributed by atoms with Crippen LogP contribution in [0.2, 0.25) is 0 Å². The van der Waals surface area contributed by atoms with E-state index in [1.807, 2.05) is 6.07 Å². The summed E-state index contributed by atoms with van der Waals surface area (Å²) >= 11 is 0. The van der Waals surface area contributed by atoms with Gasteiger partial charge in [-0.1, -0.05) is 18.2 Å². The van der Waals surface area contributed by atoms with Gasteiger partial charge in [-0.2, -0.15) is 0 Å². The van der Waals surface area contributed by atoms with Crippen LogP contribution in [0.25, 0.3) is 0 Å². The SMILES string of the molecule is CCOC(=O)CC(c1ccccc1F)N1CCN(C)CC1. The summed E-state index contributed by atoms with van der Waals surface area (Å²) in [4.78, 5) is 16.3. The Morgan fingerprint density at radius 2 is 1.95 bits per heavy atom. The molecule has 2 rings (SSSR count). The molecule has 1 aromatic carbocycles. The van der Waals surface area contributed by atoms with Crippen LogP contribution in [0.15, 0.2) is 24.3 Å². The minimum Gasteiger partial charge on any atom is -0.466 e. The summed E-state index contributed by atoms with van der Waals surface area (Å²) < 4.78 is 19.2. The van der Waals surface area contributed by atoms with Crippen LogP contribution < -0.4 is 0 Å². The molecule has 1 unspecified atom stereocenters. The maximum absolute atomic E-state index is 14.1. The first-order chi connectivity index (χ1) is 10.1. The normalized spacial score (nSPS) is 18.4. The third kappa shape index (κ3) is 4.25. The fourth-order valence-corrected chi connectivity index (χ4v) is 2.69. The molecular weight excluding hydrogens is 271 g/mol. The zero-order chi connectivity index (χ0) is 15.2. The molecule has 4 nitrogen and oxygen atoms in total. The van der Waals surface area contributed by atoms with E-state index in [2.05, 4.69) is 16.8 Å². The standard InChI is InChI=1S/C16H23FN2O2/c1-3-21-16(20)12-15(13-6-4-5-7-14(13)17)19-10-8-18(2)9-11-19/h4-7,15H,3,8-12H2,1-2H3. The second-order valence-electron chi connectivity index (χ2n) is 5.39. The number of likely N-dealkylation sites (N-methyl/N-ethyl adjacent to an activating group) is 1. The van der Waals surface area contributed by atoms with Gasteiger partial charge >= 0.3 is 5.97 Å². The van der Waals surface area contributed by atoms with Crippen LogP contribution >= 0.6 is 0 Å². The zero-order valence-electron chi connectivity index (χ0n) is 12.7. The maximum Gasteiger partial charge on any atom is 0.307 e. The average Bonchev–Trinajstić information content (AvgIpc) is 2.47. The molecule has 1 atom stereocenters. The van der Waals surface area contributed by atoms with E-state index in [-0.39, 0.29) is 24.2 Å². The molecule has 5 heteroatoms. The van der Waals surface area contributed by atoms with Crippen molar-refractivity contribution in [1.82, 2.24) is 9.80 Å². The first-order valence-corrected chi connectivity index (χ1v) is 7.44. The van der Waals surface area contributed by atoms with Gasteiger partial charge in [0.1, 0.15) is 5.82 Å². The van der Waals surface area contributed by atoms with Crippen molar-refractivity contribution in [3.63, 3.8) is 0 Å². The molecule has 116 valence electrons. The van der Waals surface area contributed by atoms with E-state index >= 15 is 0 Å². The van der Waals surface area contributed by atoms with Gasteiger partial charge in [-0.15, -0.1) is 0 Å². The molecule has 1 saturated heterocycles. The fraction of sp³-hybridized carbons (Fsp3) is 0.562. The van der Waals surface area contributed by atoms with Crippen LogP contribution in [0.3, 0.4) is 0 Å². The van der Waals surface area contributed by atoms with Gasteiger partial charge in [-0.3, -0.25) is 9.69 Å². The number of carbonyl (C=O) groups excluding carboxylic acids is 1. The van der Waals surface area contributed by atoms with E-state index < -0.39 is 0 Å². The van der Waals surface area contributed by atoms with E-state index in [9.17, 15) is 9.18 Å². The number of carbonyl (C=O) groups is 1. The number of benzene rings is 1. The molecule has 21 heavy (non-hydrogen) atoms. The average molecular weight is 294 g/mol. The van der Waals surface area contributed by atoms with Gasteiger partial charge < -0.3 is 9.64 Å². The Kier molecular flexibility index (Phi) is 5.70. The van der Waals surface area contributed by atoms with Gasteiger partial charge in [0, 0.05) is 37.8 Å². The van der Waals surface area contributed by atoms with Crippen LogP contribution in [0.5, 0.6) is 0 Å². The number of nitrogens with zero attached hydrogens (tertiary/aromatic N) is 2. The van der Waals surface area contributed by atoms with Crippen molar-refractivity contribution in [2.45, 2.75) is 19.4 Å². The molecule has 1 aromatic rings. The molecule has 0 aliphatic carbocycles. The molecule has 1 aliphatic heterocycles. The Labute approximate surface area is 125 Å². The van der Waals surface area contributed by atoms with Crippen LogP contribution in [-0.2, 0) is 9.53 Å². The predicted molar refractivity (Wildman–Crippen MR) is 79.5 cm³/mol. The number of rotatable bonds is 5. The van der Waals surface area contributed by atoms with E-state index in [4.69, 9.17) is 4.74 Å². The number of hydrogen-bond acceptors (Lipinski definition) is 4. The van der Waals surface area contributed by atoms with E-state index in [0.717, 1.165) is 26.2 Å². The first-order valence-electron chi connectivity index (χ1n) is 7.44. The highest BCUT2D eigenvalue weighted by Gasteiger charge is 2.28. The Balaban J connectivity index is 2.18. The number of esters is 1. The molecule has 0 spiro atoms. The minimum atomic E-state index is -0.273. The molecule has 1 heterocycles. The Morgan fingerprint density at radius 3 is 2.57 bits per heavy atom. The predicted octanol–water partition coefficient (Wildman–Crippen LogP) is 2.07. The van der Waals surface area contributed by atoms with Gasteiger partial charge in [-0.05, 0) is 20.0 Å². The quantitative estimate of drug-likeness (QED) is 0.778. The second kappa shape index (κ2) is 7.52. The molecule has 0 aromatic heterocycles. The molecule has 0 saturated carbocycles. The lowest BCUT2D eigenvalue weighted by atomic mass is 10.0. The van der Waals surface area contributed by atoms with Gasteiger partial charge in [0.15, 0.2) is 0 Å². The minimum absolute atomic E-state index is 0.193. The lowest BCUT2D eigenvalue weighted by Gasteiger charge is -2.38. The van der Waals surface area contributed by atoms with Crippen molar-refractivity contribution in [2.75, 3.05) is 39.8 Å². The highest BCUT2D eigenvalue weighted by Crippen LogP contribution is 2.28. The number of piperazine rings is 1. The summed E-state index contributed by atoms with van der Waals surface area (Å²) in [6.45, 7) is 5.64. The molecule has 0 amide bonds. The van der Waals surface area contributed by atoms with Crippen molar-refractivity contribution in [2.24, 2.45) is 0 Å². The summed E-state index contributed by atoms with van der Waals surface area (Å²) in [5.74, 6) is -0.532. The van der Waals surface area contributed by atoms with Crippen LogP contribution in [-0.4, -0.2) is 55.6 Å². The van der Waals surface area contributed by atoms with Crippen molar-refractivity contribution in [1.29, 1.82) is 0 Å². The molecule has 0 bridgehead atoms. The van der Waals surface area contributed by atoms with Gasteiger partial charge in [0.2, 0.25) is 0 Å². The summed E-state index contributed by atoms with van der Waals surface area (Å²) in [5, 5.41) is 0. The third-order valence-electron chi connectivity index (χ3n) is 3.91. The zero-order valence-corrected chi connectivity index (χ0v) is 12.7. The molecular formula is C16H23FN2O2. The highest BCUT2D eigenvalue weighted by atomic mass is 19.1. The number of halogens is 1. The fourth-order valence-electron chi connectivity index (χ4n) is 2.69. The number of hydrogen-bond donors (Lipinski definition) is 0. The summed E-state index contributed by atoms with van der Waals surface area (Å²) in [5.41, 5.74) is 0.579.